The van der Waals surface area contributed by atoms with E-state index in [1.54, 1.807) is 31.4 Å². The molecule has 1 aliphatic heterocycles. The summed E-state index contributed by atoms with van der Waals surface area (Å²) in [6.45, 7) is 0. The summed E-state index contributed by atoms with van der Waals surface area (Å²) in [6.07, 6.45) is 1.32. The van der Waals surface area contributed by atoms with Crippen molar-refractivity contribution in [2.45, 2.75) is 12.5 Å². The van der Waals surface area contributed by atoms with Crippen LogP contribution in [0.2, 0.25) is 0 Å². The van der Waals surface area contributed by atoms with Crippen molar-refractivity contribution in [1.82, 2.24) is 14.8 Å². The number of nitrogens with one attached hydrogen (secondary N) is 2. The van der Waals surface area contributed by atoms with Crippen molar-refractivity contribution in [3.63, 3.8) is 0 Å². The summed E-state index contributed by atoms with van der Waals surface area (Å²) < 4.78 is 6.50. The van der Waals surface area contributed by atoms with E-state index in [4.69, 9.17) is 4.74 Å². The first-order chi connectivity index (χ1) is 10.2. The molecular formula is C13H13N5O3. The first-order valence-electron chi connectivity index (χ1n) is 6.31. The molecule has 2 N–H and O–H groups in total. The SMILES string of the molecule is COc1cccc(NC(=O)[C@@H]2CC(=O)Nc3ncnn32)c1. The zero-order chi connectivity index (χ0) is 14.8. The summed E-state index contributed by atoms with van der Waals surface area (Å²) in [5.41, 5.74) is 0.590. The molecule has 108 valence electrons. The van der Waals surface area contributed by atoms with E-state index in [9.17, 15) is 9.59 Å². The van der Waals surface area contributed by atoms with E-state index in [1.165, 1.54) is 11.0 Å². The molecule has 0 spiro atoms. The molecule has 0 saturated carbocycles. The summed E-state index contributed by atoms with van der Waals surface area (Å²) in [5, 5.41) is 9.28. The fourth-order valence-electron chi connectivity index (χ4n) is 2.14. The van der Waals surface area contributed by atoms with Crippen molar-refractivity contribution >= 4 is 23.5 Å². The first kappa shape index (κ1) is 13.1. The van der Waals surface area contributed by atoms with Gasteiger partial charge in [-0.25, -0.2) is 4.68 Å². The van der Waals surface area contributed by atoms with E-state index in [1.807, 2.05) is 0 Å². The number of hydrogen-bond acceptors (Lipinski definition) is 5. The topological polar surface area (TPSA) is 98.1 Å². The van der Waals surface area contributed by atoms with Gasteiger partial charge in [0.1, 0.15) is 18.1 Å². The maximum Gasteiger partial charge on any atom is 0.249 e. The Balaban J connectivity index is 1.81. The quantitative estimate of drug-likeness (QED) is 0.870. The molecule has 8 heteroatoms. The molecule has 2 aromatic rings. The van der Waals surface area contributed by atoms with Crippen LogP contribution in [0.25, 0.3) is 0 Å². The molecule has 3 rings (SSSR count). The summed E-state index contributed by atoms with van der Waals surface area (Å²) in [7, 11) is 1.55. The first-order valence-corrected chi connectivity index (χ1v) is 6.31. The molecular weight excluding hydrogens is 274 g/mol. The van der Waals surface area contributed by atoms with Gasteiger partial charge in [-0.1, -0.05) is 6.07 Å². The maximum atomic E-state index is 12.4. The van der Waals surface area contributed by atoms with Gasteiger partial charge in [-0.05, 0) is 12.1 Å². The van der Waals surface area contributed by atoms with Crippen LogP contribution in [0.15, 0.2) is 30.6 Å². The average Bonchev–Trinajstić information content (AvgIpc) is 2.94. The number of carbonyl (C=O) groups is 2. The smallest absolute Gasteiger partial charge is 0.249 e. The molecule has 0 unspecified atom stereocenters. The molecule has 0 aliphatic carbocycles. The van der Waals surface area contributed by atoms with Crippen LogP contribution >= 0.6 is 0 Å². The fraction of sp³-hybridized carbons (Fsp3) is 0.231. The Morgan fingerprint density at radius 1 is 1.52 bits per heavy atom. The molecule has 1 aliphatic rings. The minimum absolute atomic E-state index is 0.0200. The maximum absolute atomic E-state index is 12.4. The number of ether oxygens (including phenoxy) is 1. The molecule has 0 radical (unpaired) electrons. The van der Waals surface area contributed by atoms with Gasteiger partial charge in [0, 0.05) is 11.8 Å². The van der Waals surface area contributed by atoms with Crippen molar-refractivity contribution in [2.75, 3.05) is 17.7 Å². The molecule has 1 atom stereocenters. The standard InChI is InChI=1S/C13H13N5O3/c1-21-9-4-2-3-8(5-9)16-12(20)10-6-11(19)17-13-14-7-15-18(10)13/h2-5,7,10H,6H2,1H3,(H,16,20)(H,14,15,17,19)/t10-/m0/s1. The molecule has 2 heterocycles. The Labute approximate surface area is 120 Å². The van der Waals surface area contributed by atoms with Gasteiger partial charge in [0.25, 0.3) is 0 Å². The Morgan fingerprint density at radius 2 is 2.38 bits per heavy atom. The third-order valence-electron chi connectivity index (χ3n) is 3.14. The van der Waals surface area contributed by atoms with Crippen LogP contribution in [-0.2, 0) is 9.59 Å². The van der Waals surface area contributed by atoms with Crippen LogP contribution in [0.5, 0.6) is 5.75 Å². The van der Waals surface area contributed by atoms with Crippen LogP contribution in [0, 0.1) is 0 Å². The summed E-state index contributed by atoms with van der Waals surface area (Å²) in [6, 6.07) is 6.26. The second-order valence-electron chi connectivity index (χ2n) is 4.52. The number of aromatic nitrogens is 3. The molecule has 0 fully saturated rings. The highest BCUT2D eigenvalue weighted by atomic mass is 16.5. The lowest BCUT2D eigenvalue weighted by Gasteiger charge is -2.22. The normalized spacial score (nSPS) is 16.8. The van der Waals surface area contributed by atoms with E-state index < -0.39 is 6.04 Å². The monoisotopic (exact) mass is 287 g/mol. The van der Waals surface area contributed by atoms with E-state index in [0.717, 1.165) is 0 Å². The molecule has 2 amide bonds. The number of rotatable bonds is 3. The van der Waals surface area contributed by atoms with Gasteiger partial charge in [0.15, 0.2) is 0 Å². The summed E-state index contributed by atoms with van der Waals surface area (Å²) >= 11 is 0. The Bertz CT molecular complexity index is 697. The van der Waals surface area contributed by atoms with Gasteiger partial charge < -0.3 is 10.1 Å². The van der Waals surface area contributed by atoms with Gasteiger partial charge in [0.05, 0.1) is 13.5 Å². The highest BCUT2D eigenvalue weighted by Gasteiger charge is 2.31. The average molecular weight is 287 g/mol. The van der Waals surface area contributed by atoms with E-state index in [2.05, 4.69) is 20.7 Å². The number of amides is 2. The second kappa shape index (κ2) is 5.23. The Hall–Kier alpha value is -2.90. The zero-order valence-corrected chi connectivity index (χ0v) is 11.2. The van der Waals surface area contributed by atoms with E-state index in [-0.39, 0.29) is 24.2 Å². The molecule has 1 aromatic carbocycles. The third kappa shape index (κ3) is 2.55. The van der Waals surface area contributed by atoms with E-state index >= 15 is 0 Å². The molecule has 0 saturated heterocycles. The van der Waals surface area contributed by atoms with Crippen molar-refractivity contribution in [3.8, 4) is 5.75 Å². The minimum Gasteiger partial charge on any atom is -0.497 e. The highest BCUT2D eigenvalue weighted by molar-refractivity contribution is 6.00. The van der Waals surface area contributed by atoms with Gasteiger partial charge in [-0.15, -0.1) is 0 Å². The van der Waals surface area contributed by atoms with Crippen LogP contribution in [0.4, 0.5) is 11.6 Å². The van der Waals surface area contributed by atoms with Crippen LogP contribution in [0.1, 0.15) is 12.5 Å². The van der Waals surface area contributed by atoms with Crippen LogP contribution < -0.4 is 15.4 Å². The lowest BCUT2D eigenvalue weighted by Crippen LogP contribution is -2.35. The molecule has 0 bridgehead atoms. The van der Waals surface area contributed by atoms with Crippen molar-refractivity contribution in [3.05, 3.63) is 30.6 Å². The van der Waals surface area contributed by atoms with Gasteiger partial charge in [-0.2, -0.15) is 10.1 Å². The summed E-state index contributed by atoms with van der Waals surface area (Å²) in [4.78, 5) is 27.8. The van der Waals surface area contributed by atoms with Gasteiger partial charge in [0.2, 0.25) is 17.8 Å². The molecule has 21 heavy (non-hydrogen) atoms. The lowest BCUT2D eigenvalue weighted by molar-refractivity contribution is -0.125. The van der Waals surface area contributed by atoms with E-state index in [0.29, 0.717) is 11.4 Å². The number of benzene rings is 1. The Kier molecular flexibility index (Phi) is 3.27. The number of nitrogens with zero attached hydrogens (tertiary/aromatic N) is 3. The number of fused-ring (bicyclic) bond motifs is 1. The number of methoxy groups -OCH3 is 1. The third-order valence-corrected chi connectivity index (χ3v) is 3.14. The fourth-order valence-corrected chi connectivity index (χ4v) is 2.14. The van der Waals surface area contributed by atoms with Crippen molar-refractivity contribution in [1.29, 1.82) is 0 Å². The van der Waals surface area contributed by atoms with Gasteiger partial charge in [-0.3, -0.25) is 14.9 Å². The minimum atomic E-state index is -0.720. The number of hydrogen-bond donors (Lipinski definition) is 2. The lowest BCUT2D eigenvalue weighted by atomic mass is 10.1. The largest absolute Gasteiger partial charge is 0.497 e. The second-order valence-corrected chi connectivity index (χ2v) is 4.52. The predicted octanol–water partition coefficient (Wildman–Crippen LogP) is 0.809. The zero-order valence-electron chi connectivity index (χ0n) is 11.2. The molecule has 8 nitrogen and oxygen atoms in total. The van der Waals surface area contributed by atoms with Crippen molar-refractivity contribution in [2.24, 2.45) is 0 Å². The molecule has 1 aromatic heterocycles. The van der Waals surface area contributed by atoms with Crippen molar-refractivity contribution < 1.29 is 14.3 Å². The number of anilines is 2. The van der Waals surface area contributed by atoms with Crippen LogP contribution in [0.3, 0.4) is 0 Å². The van der Waals surface area contributed by atoms with Crippen LogP contribution in [-0.4, -0.2) is 33.7 Å². The summed E-state index contributed by atoms with van der Waals surface area (Å²) in [5.74, 6) is 0.318. The predicted molar refractivity (Wildman–Crippen MR) is 73.9 cm³/mol. The highest BCUT2D eigenvalue weighted by Crippen LogP contribution is 2.24. The number of carbonyl (C=O) groups excluding carboxylic acids is 2. The van der Waals surface area contributed by atoms with Gasteiger partial charge >= 0.3 is 0 Å². The Morgan fingerprint density at radius 3 is 3.19 bits per heavy atom.